The summed E-state index contributed by atoms with van der Waals surface area (Å²) in [6.45, 7) is 6.27. The van der Waals surface area contributed by atoms with Crippen LogP contribution in [0.2, 0.25) is 5.04 Å². The van der Waals surface area contributed by atoms with E-state index in [0.717, 1.165) is 6.92 Å². The summed E-state index contributed by atoms with van der Waals surface area (Å²) in [5, 5.41) is -0.272. The molecular formula is C6H16O6S2Si. The van der Waals surface area contributed by atoms with Crippen LogP contribution >= 0.6 is 0 Å². The predicted molar refractivity (Wildman–Crippen MR) is 59.3 cm³/mol. The summed E-state index contributed by atoms with van der Waals surface area (Å²) >= 11 is 0. The predicted octanol–water partition coefficient (Wildman–Crippen LogP) is -0.131. The summed E-state index contributed by atoms with van der Waals surface area (Å²) in [6.07, 6.45) is 0. The van der Waals surface area contributed by atoms with Gasteiger partial charge >= 0.3 is 0 Å². The molecule has 0 saturated heterocycles. The van der Waals surface area contributed by atoms with Gasteiger partial charge in [-0.15, -0.1) is 0 Å². The highest BCUT2D eigenvalue weighted by Crippen LogP contribution is 2.22. The molecule has 0 saturated carbocycles. The first-order chi connectivity index (χ1) is 6.36. The molecule has 1 unspecified atom stereocenters. The van der Waals surface area contributed by atoms with Gasteiger partial charge in [0.2, 0.25) is 4.58 Å². The topological polar surface area (TPSA) is 97.7 Å². The SMILES string of the molecule is CC(S(=O)(=O)O)S(=O)(=O)O[SiH2]C(C)(C)C. The van der Waals surface area contributed by atoms with Gasteiger partial charge in [-0.05, 0) is 12.0 Å². The van der Waals surface area contributed by atoms with E-state index in [2.05, 4.69) is 3.87 Å². The van der Waals surface area contributed by atoms with Crippen molar-refractivity contribution < 1.29 is 25.3 Å². The van der Waals surface area contributed by atoms with Crippen molar-refractivity contribution in [3.8, 4) is 0 Å². The summed E-state index contributed by atoms with van der Waals surface area (Å²) in [4.78, 5) is 0. The second kappa shape index (κ2) is 4.50. The van der Waals surface area contributed by atoms with E-state index in [0.29, 0.717) is 0 Å². The zero-order valence-electron chi connectivity index (χ0n) is 9.09. The fraction of sp³-hybridized carbons (Fsp3) is 1.00. The zero-order valence-corrected chi connectivity index (χ0v) is 12.1. The van der Waals surface area contributed by atoms with Crippen molar-refractivity contribution in [1.82, 2.24) is 0 Å². The highest BCUT2D eigenvalue weighted by atomic mass is 32.3. The summed E-state index contributed by atoms with van der Waals surface area (Å²) in [6, 6.07) is 0. The molecule has 0 rings (SSSR count). The number of hydrogen-bond acceptors (Lipinski definition) is 5. The summed E-state index contributed by atoms with van der Waals surface area (Å²) in [5.74, 6) is 0. The molecule has 1 atom stereocenters. The van der Waals surface area contributed by atoms with Crippen LogP contribution in [0, 0.1) is 0 Å². The molecule has 0 heterocycles. The Bertz CT molecular complexity index is 403. The second-order valence-electron chi connectivity index (χ2n) is 4.40. The number of rotatable bonds is 4. The largest absolute Gasteiger partial charge is 0.321 e. The minimum absolute atomic E-state index is 0.272. The lowest BCUT2D eigenvalue weighted by Crippen LogP contribution is -2.31. The molecule has 0 aliphatic heterocycles. The lowest BCUT2D eigenvalue weighted by atomic mass is 10.3. The molecule has 0 aromatic heterocycles. The molecule has 92 valence electrons. The van der Waals surface area contributed by atoms with Gasteiger partial charge < -0.3 is 3.87 Å². The van der Waals surface area contributed by atoms with Gasteiger partial charge in [-0.1, -0.05) is 20.8 Å². The first-order valence-electron chi connectivity index (χ1n) is 4.21. The molecule has 0 aromatic rings. The Labute approximate surface area is 92.8 Å². The summed E-state index contributed by atoms with van der Waals surface area (Å²) in [5.41, 5.74) is 0. The Kier molecular flexibility index (Phi) is 4.51. The monoisotopic (exact) mass is 276 g/mol. The van der Waals surface area contributed by atoms with E-state index < -0.39 is 34.6 Å². The molecule has 9 heteroatoms. The minimum Gasteiger partial charge on any atom is -0.321 e. The molecule has 0 bridgehead atoms. The first kappa shape index (κ1) is 15.0. The first-order valence-corrected chi connectivity index (χ1v) is 8.47. The van der Waals surface area contributed by atoms with Crippen LogP contribution in [-0.4, -0.2) is 35.7 Å². The van der Waals surface area contributed by atoms with Crippen LogP contribution in [-0.2, 0) is 24.1 Å². The van der Waals surface area contributed by atoms with Crippen LogP contribution in [0.1, 0.15) is 27.7 Å². The van der Waals surface area contributed by atoms with Gasteiger partial charge in [0.1, 0.15) is 0 Å². The summed E-state index contributed by atoms with van der Waals surface area (Å²) < 4.78 is 55.1. The van der Waals surface area contributed by atoms with Crippen molar-refractivity contribution in [2.24, 2.45) is 0 Å². The van der Waals surface area contributed by atoms with E-state index in [4.69, 9.17) is 4.55 Å². The fourth-order valence-electron chi connectivity index (χ4n) is 0.504. The van der Waals surface area contributed by atoms with Crippen LogP contribution in [0.3, 0.4) is 0 Å². The fourth-order valence-corrected chi connectivity index (χ4v) is 5.03. The molecule has 15 heavy (non-hydrogen) atoms. The normalized spacial score (nSPS) is 17.1. The van der Waals surface area contributed by atoms with Crippen LogP contribution in [0.25, 0.3) is 0 Å². The molecule has 0 fully saturated rings. The maximum Gasteiger partial charge on any atom is 0.284 e. The van der Waals surface area contributed by atoms with E-state index in [1.54, 1.807) is 20.8 Å². The highest BCUT2D eigenvalue weighted by molar-refractivity contribution is 8.04. The van der Waals surface area contributed by atoms with Crippen molar-refractivity contribution >= 4 is 30.0 Å². The average Bonchev–Trinajstić information content (AvgIpc) is 1.97. The Hall–Kier alpha value is 0.0369. The van der Waals surface area contributed by atoms with Gasteiger partial charge in [-0.25, -0.2) is 0 Å². The van der Waals surface area contributed by atoms with Gasteiger partial charge in [0.15, 0.2) is 9.76 Å². The van der Waals surface area contributed by atoms with Crippen LogP contribution in [0.15, 0.2) is 0 Å². The molecule has 1 N–H and O–H groups in total. The Morgan fingerprint density at radius 3 is 1.87 bits per heavy atom. The third-order valence-electron chi connectivity index (χ3n) is 1.48. The Morgan fingerprint density at radius 2 is 1.60 bits per heavy atom. The van der Waals surface area contributed by atoms with E-state index in [1.165, 1.54) is 0 Å². The van der Waals surface area contributed by atoms with Crippen molar-refractivity contribution in [2.75, 3.05) is 0 Å². The van der Waals surface area contributed by atoms with Crippen molar-refractivity contribution in [3.05, 3.63) is 0 Å². The van der Waals surface area contributed by atoms with Crippen molar-refractivity contribution in [2.45, 2.75) is 37.3 Å². The molecular weight excluding hydrogens is 260 g/mol. The lowest BCUT2D eigenvalue weighted by Gasteiger charge is -2.18. The third kappa shape index (κ3) is 5.61. The highest BCUT2D eigenvalue weighted by Gasteiger charge is 2.33. The van der Waals surface area contributed by atoms with E-state index >= 15 is 0 Å². The molecule has 0 spiro atoms. The molecule has 6 nitrogen and oxygen atoms in total. The Morgan fingerprint density at radius 1 is 1.20 bits per heavy atom. The smallest absolute Gasteiger partial charge is 0.284 e. The maximum absolute atomic E-state index is 11.3. The van der Waals surface area contributed by atoms with Gasteiger partial charge in [-0.3, -0.25) is 4.55 Å². The van der Waals surface area contributed by atoms with Crippen molar-refractivity contribution in [3.63, 3.8) is 0 Å². The number of hydrogen-bond donors (Lipinski definition) is 1. The van der Waals surface area contributed by atoms with E-state index in [-0.39, 0.29) is 5.04 Å². The molecule has 0 aliphatic rings. The average molecular weight is 276 g/mol. The quantitative estimate of drug-likeness (QED) is 0.567. The standard InChI is InChI=1S/C6H16O6S2Si/c1-5(13(7,8)9)14(10,11)12-15-6(2,3)4/h5H,15H2,1-4H3,(H,7,8,9). The summed E-state index contributed by atoms with van der Waals surface area (Å²) in [7, 11) is -10.3. The maximum atomic E-state index is 11.3. The molecule has 0 amide bonds. The van der Waals surface area contributed by atoms with Gasteiger partial charge in [0.05, 0.1) is 0 Å². The van der Waals surface area contributed by atoms with Crippen LogP contribution in [0.5, 0.6) is 0 Å². The molecule has 0 aromatic carbocycles. The molecule has 0 aliphatic carbocycles. The lowest BCUT2D eigenvalue weighted by molar-refractivity contribution is 0.459. The third-order valence-corrected chi connectivity index (χ3v) is 7.22. The van der Waals surface area contributed by atoms with Gasteiger partial charge in [0.25, 0.3) is 20.2 Å². The van der Waals surface area contributed by atoms with E-state index in [1.807, 2.05) is 0 Å². The Balaban J connectivity index is 4.74. The molecule has 0 radical (unpaired) electrons. The van der Waals surface area contributed by atoms with Crippen LogP contribution < -0.4 is 0 Å². The van der Waals surface area contributed by atoms with E-state index in [9.17, 15) is 16.8 Å². The zero-order chi connectivity index (χ0) is 12.5. The van der Waals surface area contributed by atoms with Gasteiger partial charge in [0, 0.05) is 0 Å². The van der Waals surface area contributed by atoms with Gasteiger partial charge in [-0.2, -0.15) is 16.8 Å². The van der Waals surface area contributed by atoms with Crippen molar-refractivity contribution in [1.29, 1.82) is 0 Å². The van der Waals surface area contributed by atoms with Crippen LogP contribution in [0.4, 0.5) is 0 Å². The minimum atomic E-state index is -4.62. The second-order valence-corrected chi connectivity index (χ2v) is 11.5.